The molecule has 1 fully saturated rings. The fourth-order valence-corrected chi connectivity index (χ4v) is 2.70. The zero-order valence-corrected chi connectivity index (χ0v) is 13.1. The first kappa shape index (κ1) is 15.9. The molecule has 3 heteroatoms. The quantitative estimate of drug-likeness (QED) is 0.751. The number of nitrogens with one attached hydrogen (secondary N) is 1. The van der Waals surface area contributed by atoms with Crippen LogP contribution in [0, 0.1) is 5.92 Å². The second-order valence-corrected chi connectivity index (χ2v) is 6.19. The Kier molecular flexibility index (Phi) is 7.20. The highest BCUT2D eigenvalue weighted by Crippen LogP contribution is 2.20. The monoisotopic (exact) mass is 255 g/mol. The molecule has 3 nitrogen and oxygen atoms in total. The first-order valence-corrected chi connectivity index (χ1v) is 7.66. The molecule has 1 saturated heterocycles. The summed E-state index contributed by atoms with van der Waals surface area (Å²) in [6, 6.07) is 1.28. The van der Waals surface area contributed by atoms with Gasteiger partial charge in [-0.2, -0.15) is 0 Å². The van der Waals surface area contributed by atoms with E-state index < -0.39 is 0 Å². The van der Waals surface area contributed by atoms with Gasteiger partial charge in [-0.15, -0.1) is 0 Å². The van der Waals surface area contributed by atoms with Crippen LogP contribution < -0.4 is 5.32 Å². The molecule has 0 spiro atoms. The van der Waals surface area contributed by atoms with E-state index in [9.17, 15) is 0 Å². The number of likely N-dealkylation sites (N-methyl/N-ethyl adjacent to an activating group) is 1. The number of piperidine rings is 1. The Morgan fingerprint density at radius 3 is 2.33 bits per heavy atom. The van der Waals surface area contributed by atoms with Crippen LogP contribution in [0.25, 0.3) is 0 Å². The van der Waals surface area contributed by atoms with E-state index in [-0.39, 0.29) is 0 Å². The van der Waals surface area contributed by atoms with Gasteiger partial charge in [-0.1, -0.05) is 6.92 Å². The van der Waals surface area contributed by atoms with Crippen molar-refractivity contribution in [3.8, 4) is 0 Å². The van der Waals surface area contributed by atoms with Crippen molar-refractivity contribution in [3.05, 3.63) is 0 Å². The Labute approximate surface area is 114 Å². The molecule has 0 bridgehead atoms. The average molecular weight is 255 g/mol. The first-order valence-electron chi connectivity index (χ1n) is 7.66. The van der Waals surface area contributed by atoms with Gasteiger partial charge in [-0.25, -0.2) is 0 Å². The van der Waals surface area contributed by atoms with Gasteiger partial charge in [0.1, 0.15) is 0 Å². The van der Waals surface area contributed by atoms with Gasteiger partial charge in [0.25, 0.3) is 0 Å². The van der Waals surface area contributed by atoms with Crippen molar-refractivity contribution in [2.75, 3.05) is 40.3 Å². The van der Waals surface area contributed by atoms with Crippen molar-refractivity contribution in [1.29, 1.82) is 0 Å². The molecule has 1 heterocycles. The van der Waals surface area contributed by atoms with Crippen molar-refractivity contribution in [2.45, 2.75) is 52.1 Å². The Bertz CT molecular complexity index is 210. The summed E-state index contributed by atoms with van der Waals surface area (Å²) in [5.41, 5.74) is 0. The summed E-state index contributed by atoms with van der Waals surface area (Å²) < 4.78 is 0. The molecular formula is C15H33N3. The molecule has 1 N–H and O–H groups in total. The molecule has 0 amide bonds. The maximum Gasteiger partial charge on any atom is 0.0186 e. The largest absolute Gasteiger partial charge is 0.312 e. The van der Waals surface area contributed by atoms with Crippen LogP contribution in [0.3, 0.4) is 0 Å². The van der Waals surface area contributed by atoms with Gasteiger partial charge in [-0.3, -0.25) is 0 Å². The molecule has 2 unspecified atom stereocenters. The van der Waals surface area contributed by atoms with Gasteiger partial charge in [0.05, 0.1) is 0 Å². The highest BCUT2D eigenvalue weighted by atomic mass is 15.1. The van der Waals surface area contributed by atoms with Crippen LogP contribution in [0.2, 0.25) is 0 Å². The molecular weight excluding hydrogens is 222 g/mol. The van der Waals surface area contributed by atoms with Crippen molar-refractivity contribution < 1.29 is 0 Å². The van der Waals surface area contributed by atoms with Crippen molar-refractivity contribution >= 4 is 0 Å². The van der Waals surface area contributed by atoms with Crippen LogP contribution in [0.15, 0.2) is 0 Å². The number of hydrogen-bond acceptors (Lipinski definition) is 3. The lowest BCUT2D eigenvalue weighted by molar-refractivity contribution is 0.159. The van der Waals surface area contributed by atoms with E-state index in [4.69, 9.17) is 0 Å². The molecule has 0 aromatic heterocycles. The van der Waals surface area contributed by atoms with Crippen LogP contribution in [0.5, 0.6) is 0 Å². The molecule has 1 aliphatic heterocycles. The first-order chi connectivity index (χ1) is 8.54. The third kappa shape index (κ3) is 5.25. The predicted octanol–water partition coefficient (Wildman–Crippen LogP) is 2.04. The zero-order chi connectivity index (χ0) is 13.5. The summed E-state index contributed by atoms with van der Waals surface area (Å²) >= 11 is 0. The smallest absolute Gasteiger partial charge is 0.0186 e. The third-order valence-electron chi connectivity index (χ3n) is 4.50. The fraction of sp³-hybridized carbons (Fsp3) is 1.00. The lowest BCUT2D eigenvalue weighted by atomic mass is 9.90. The summed E-state index contributed by atoms with van der Waals surface area (Å²) in [5.74, 6) is 0.868. The fourth-order valence-electron chi connectivity index (χ4n) is 2.70. The number of hydrogen-bond donors (Lipinski definition) is 1. The number of nitrogens with zero attached hydrogens (tertiary/aromatic N) is 2. The summed E-state index contributed by atoms with van der Waals surface area (Å²) in [4.78, 5) is 4.90. The molecule has 0 aromatic rings. The Hall–Kier alpha value is -0.120. The normalized spacial score (nSPS) is 22.3. The van der Waals surface area contributed by atoms with E-state index >= 15 is 0 Å². The molecule has 1 aliphatic rings. The van der Waals surface area contributed by atoms with Crippen molar-refractivity contribution in [1.82, 2.24) is 15.1 Å². The lowest BCUT2D eigenvalue weighted by Gasteiger charge is -2.35. The van der Waals surface area contributed by atoms with Gasteiger partial charge in [0.15, 0.2) is 0 Å². The van der Waals surface area contributed by atoms with Crippen LogP contribution in [0.1, 0.15) is 40.0 Å². The van der Waals surface area contributed by atoms with Gasteiger partial charge in [-0.05, 0) is 72.8 Å². The molecule has 2 atom stereocenters. The zero-order valence-electron chi connectivity index (χ0n) is 13.1. The van der Waals surface area contributed by atoms with Crippen LogP contribution in [0.4, 0.5) is 0 Å². The molecule has 0 aromatic carbocycles. The number of likely N-dealkylation sites (tertiary alicyclic amines) is 1. The number of rotatable bonds is 7. The Balaban J connectivity index is 2.21. The molecule has 108 valence electrons. The van der Waals surface area contributed by atoms with Crippen LogP contribution in [-0.2, 0) is 0 Å². The molecule has 1 rings (SSSR count). The Morgan fingerprint density at radius 2 is 1.83 bits per heavy atom. The second kappa shape index (κ2) is 8.13. The highest BCUT2D eigenvalue weighted by molar-refractivity contribution is 4.80. The van der Waals surface area contributed by atoms with Crippen molar-refractivity contribution in [3.63, 3.8) is 0 Å². The van der Waals surface area contributed by atoms with Gasteiger partial charge in [0.2, 0.25) is 0 Å². The summed E-state index contributed by atoms with van der Waals surface area (Å²) in [6.07, 6.45) is 4.02. The van der Waals surface area contributed by atoms with Crippen molar-refractivity contribution in [2.24, 2.45) is 5.92 Å². The predicted molar refractivity (Wildman–Crippen MR) is 80.1 cm³/mol. The summed E-state index contributed by atoms with van der Waals surface area (Å²) in [7, 11) is 4.31. The van der Waals surface area contributed by atoms with Gasteiger partial charge < -0.3 is 15.1 Å². The molecule has 0 saturated carbocycles. The van der Waals surface area contributed by atoms with E-state index in [1.165, 1.54) is 38.9 Å². The van der Waals surface area contributed by atoms with Gasteiger partial charge in [0, 0.05) is 18.6 Å². The Morgan fingerprint density at radius 1 is 1.22 bits per heavy atom. The van der Waals surface area contributed by atoms with E-state index in [0.29, 0.717) is 12.1 Å². The minimum Gasteiger partial charge on any atom is -0.312 e. The summed E-state index contributed by atoms with van der Waals surface area (Å²) in [5, 5.41) is 3.72. The van der Waals surface area contributed by atoms with Crippen LogP contribution >= 0.6 is 0 Å². The van der Waals surface area contributed by atoms with E-state index in [2.05, 4.69) is 50.0 Å². The standard InChI is InChI=1S/C15H33N3/c1-6-9-18-10-7-15(8-11-18)14(3)16-12-13(2)17(4)5/h13-16H,6-12H2,1-5H3. The second-order valence-electron chi connectivity index (χ2n) is 6.19. The maximum atomic E-state index is 3.72. The highest BCUT2D eigenvalue weighted by Gasteiger charge is 2.23. The lowest BCUT2D eigenvalue weighted by Crippen LogP contribution is -2.45. The average Bonchev–Trinajstić information content (AvgIpc) is 2.36. The van der Waals surface area contributed by atoms with Crippen LogP contribution in [-0.4, -0.2) is 62.2 Å². The SMILES string of the molecule is CCCN1CCC(C(C)NCC(C)N(C)C)CC1. The van der Waals surface area contributed by atoms with Gasteiger partial charge >= 0.3 is 0 Å². The minimum atomic E-state index is 0.618. The van der Waals surface area contributed by atoms with E-state index in [1.807, 2.05) is 0 Å². The third-order valence-corrected chi connectivity index (χ3v) is 4.50. The van der Waals surface area contributed by atoms with E-state index in [0.717, 1.165) is 12.5 Å². The molecule has 0 radical (unpaired) electrons. The van der Waals surface area contributed by atoms with E-state index in [1.54, 1.807) is 0 Å². The molecule has 0 aliphatic carbocycles. The topological polar surface area (TPSA) is 18.5 Å². The molecule has 18 heavy (non-hydrogen) atoms. The maximum absolute atomic E-state index is 3.72. The summed E-state index contributed by atoms with van der Waals surface area (Å²) in [6.45, 7) is 11.9. The minimum absolute atomic E-state index is 0.618.